The van der Waals surface area contributed by atoms with E-state index in [9.17, 15) is 0 Å². The number of nitrogens with zero attached hydrogens (tertiary/aromatic N) is 1. The highest BCUT2D eigenvalue weighted by Crippen LogP contribution is 2.35. The number of fused-ring (bicyclic) bond motifs is 2. The minimum absolute atomic E-state index is 0.597. The Kier molecular flexibility index (Phi) is 2.56. The smallest absolute Gasteiger partial charge is 0.162 e. The van der Waals surface area contributed by atoms with Crippen molar-refractivity contribution in [1.29, 1.82) is 0 Å². The lowest BCUT2D eigenvalue weighted by Gasteiger charge is -2.19. The minimum Gasteiger partial charge on any atom is -0.486 e. The number of pyridine rings is 1. The first-order valence-corrected chi connectivity index (χ1v) is 6.65. The first-order chi connectivity index (χ1) is 9.92. The van der Waals surface area contributed by atoms with Crippen molar-refractivity contribution < 1.29 is 9.47 Å². The van der Waals surface area contributed by atoms with E-state index in [-0.39, 0.29) is 0 Å². The molecule has 0 aliphatic carbocycles. The molecule has 0 spiro atoms. The molecule has 0 amide bonds. The van der Waals surface area contributed by atoms with Crippen LogP contribution in [0, 0.1) is 0 Å². The summed E-state index contributed by atoms with van der Waals surface area (Å²) in [6.07, 6.45) is 1.84. The summed E-state index contributed by atoms with van der Waals surface area (Å²) in [4.78, 5) is 4.53. The molecule has 1 aliphatic heterocycles. The van der Waals surface area contributed by atoms with Crippen LogP contribution in [0.5, 0.6) is 11.5 Å². The van der Waals surface area contributed by atoms with Gasteiger partial charge in [-0.3, -0.25) is 4.98 Å². The molecule has 0 atom stereocenters. The number of hydrogen-bond donors (Lipinski definition) is 0. The van der Waals surface area contributed by atoms with E-state index in [1.54, 1.807) is 0 Å². The van der Waals surface area contributed by atoms with Crippen molar-refractivity contribution in [2.24, 2.45) is 0 Å². The largest absolute Gasteiger partial charge is 0.486 e. The lowest BCUT2D eigenvalue weighted by molar-refractivity contribution is 0.171. The molecule has 2 heterocycles. The molecule has 0 saturated heterocycles. The summed E-state index contributed by atoms with van der Waals surface area (Å²) in [7, 11) is 0. The Morgan fingerprint density at radius 2 is 1.70 bits per heavy atom. The van der Waals surface area contributed by atoms with Crippen molar-refractivity contribution in [3.05, 3.63) is 54.7 Å². The van der Waals surface area contributed by atoms with Crippen LogP contribution in [0.25, 0.3) is 22.0 Å². The predicted molar refractivity (Wildman–Crippen MR) is 78.2 cm³/mol. The van der Waals surface area contributed by atoms with E-state index in [0.29, 0.717) is 13.2 Å². The Labute approximate surface area is 116 Å². The van der Waals surface area contributed by atoms with Crippen molar-refractivity contribution in [2.75, 3.05) is 13.2 Å². The number of ether oxygens (including phenoxy) is 2. The minimum atomic E-state index is 0.597. The third-order valence-corrected chi connectivity index (χ3v) is 3.49. The molecule has 3 aromatic rings. The second-order valence-corrected chi connectivity index (χ2v) is 4.74. The quantitative estimate of drug-likeness (QED) is 0.671. The van der Waals surface area contributed by atoms with Crippen LogP contribution in [-0.2, 0) is 0 Å². The summed E-state index contributed by atoms with van der Waals surface area (Å²) in [5, 5.41) is 2.33. The first kappa shape index (κ1) is 11.3. The molecular weight excluding hydrogens is 250 g/mol. The van der Waals surface area contributed by atoms with E-state index in [0.717, 1.165) is 28.1 Å². The van der Waals surface area contributed by atoms with Gasteiger partial charge in [-0.25, -0.2) is 0 Å². The Bertz CT molecular complexity index is 778. The van der Waals surface area contributed by atoms with Gasteiger partial charge in [-0.05, 0) is 29.7 Å². The highest BCUT2D eigenvalue weighted by atomic mass is 16.6. The maximum absolute atomic E-state index is 5.64. The zero-order valence-corrected chi connectivity index (χ0v) is 10.9. The van der Waals surface area contributed by atoms with Crippen molar-refractivity contribution >= 4 is 10.8 Å². The lowest BCUT2D eigenvalue weighted by atomic mass is 10.0. The van der Waals surface area contributed by atoms with Crippen molar-refractivity contribution in [3.8, 4) is 22.8 Å². The third-order valence-electron chi connectivity index (χ3n) is 3.49. The summed E-state index contributed by atoms with van der Waals surface area (Å²) >= 11 is 0. The van der Waals surface area contributed by atoms with E-state index in [4.69, 9.17) is 9.47 Å². The number of rotatable bonds is 1. The van der Waals surface area contributed by atoms with Gasteiger partial charge in [0.2, 0.25) is 0 Å². The molecule has 0 N–H and O–H groups in total. The SMILES string of the molecule is c1ccc2c(-c3ccc4c(c3)OCCO4)nccc2c1. The van der Waals surface area contributed by atoms with Crippen LogP contribution in [0.1, 0.15) is 0 Å². The summed E-state index contributed by atoms with van der Waals surface area (Å²) < 4.78 is 11.2. The molecule has 20 heavy (non-hydrogen) atoms. The molecule has 98 valence electrons. The molecule has 0 unspecified atom stereocenters. The van der Waals surface area contributed by atoms with E-state index in [1.807, 2.05) is 42.6 Å². The van der Waals surface area contributed by atoms with Crippen LogP contribution < -0.4 is 9.47 Å². The number of hydrogen-bond acceptors (Lipinski definition) is 3. The average molecular weight is 263 g/mol. The first-order valence-electron chi connectivity index (χ1n) is 6.65. The van der Waals surface area contributed by atoms with Gasteiger partial charge in [0.05, 0.1) is 5.69 Å². The summed E-state index contributed by atoms with van der Waals surface area (Å²) in [6, 6.07) is 16.3. The van der Waals surface area contributed by atoms with Gasteiger partial charge in [0.1, 0.15) is 13.2 Å². The van der Waals surface area contributed by atoms with E-state index in [1.165, 1.54) is 5.39 Å². The van der Waals surface area contributed by atoms with E-state index >= 15 is 0 Å². The van der Waals surface area contributed by atoms with Crippen LogP contribution in [0.3, 0.4) is 0 Å². The third kappa shape index (κ3) is 1.79. The highest BCUT2D eigenvalue weighted by molar-refractivity contribution is 5.94. The zero-order valence-electron chi connectivity index (χ0n) is 10.9. The maximum Gasteiger partial charge on any atom is 0.162 e. The molecule has 1 aromatic heterocycles. The van der Waals surface area contributed by atoms with Gasteiger partial charge in [0.25, 0.3) is 0 Å². The van der Waals surface area contributed by atoms with Gasteiger partial charge < -0.3 is 9.47 Å². The van der Waals surface area contributed by atoms with Gasteiger partial charge in [0.15, 0.2) is 11.5 Å². The fourth-order valence-electron chi connectivity index (χ4n) is 2.54. The number of aromatic nitrogens is 1. The average Bonchev–Trinajstić information content (AvgIpc) is 2.54. The maximum atomic E-state index is 5.64. The molecular formula is C17H13NO2. The van der Waals surface area contributed by atoms with E-state index < -0.39 is 0 Å². The van der Waals surface area contributed by atoms with Gasteiger partial charge in [0, 0.05) is 17.1 Å². The molecule has 4 rings (SSSR count). The molecule has 0 fully saturated rings. The van der Waals surface area contributed by atoms with Gasteiger partial charge in [-0.2, -0.15) is 0 Å². The molecule has 3 heteroatoms. The van der Waals surface area contributed by atoms with Gasteiger partial charge >= 0.3 is 0 Å². The van der Waals surface area contributed by atoms with Gasteiger partial charge in [-0.1, -0.05) is 24.3 Å². The molecule has 3 nitrogen and oxygen atoms in total. The van der Waals surface area contributed by atoms with Crippen LogP contribution in [0.2, 0.25) is 0 Å². The van der Waals surface area contributed by atoms with E-state index in [2.05, 4.69) is 17.1 Å². The van der Waals surface area contributed by atoms with Crippen molar-refractivity contribution in [3.63, 3.8) is 0 Å². The zero-order chi connectivity index (χ0) is 13.4. The Morgan fingerprint density at radius 3 is 2.65 bits per heavy atom. The van der Waals surface area contributed by atoms with Crippen molar-refractivity contribution in [1.82, 2.24) is 4.98 Å². The second-order valence-electron chi connectivity index (χ2n) is 4.74. The van der Waals surface area contributed by atoms with Crippen molar-refractivity contribution in [2.45, 2.75) is 0 Å². The summed E-state index contributed by atoms with van der Waals surface area (Å²) in [5.74, 6) is 1.60. The fourth-order valence-corrected chi connectivity index (χ4v) is 2.54. The molecule has 2 aromatic carbocycles. The highest BCUT2D eigenvalue weighted by Gasteiger charge is 2.13. The number of benzene rings is 2. The summed E-state index contributed by atoms with van der Waals surface area (Å²) in [5.41, 5.74) is 2.02. The fraction of sp³-hybridized carbons (Fsp3) is 0.118. The van der Waals surface area contributed by atoms with Gasteiger partial charge in [-0.15, -0.1) is 0 Å². The molecule has 0 saturated carbocycles. The van der Waals surface area contributed by atoms with Crippen LogP contribution in [0.15, 0.2) is 54.7 Å². The summed E-state index contributed by atoms with van der Waals surface area (Å²) in [6.45, 7) is 1.21. The topological polar surface area (TPSA) is 31.4 Å². The Balaban J connectivity index is 1.91. The molecule has 0 bridgehead atoms. The van der Waals surface area contributed by atoms with Crippen LogP contribution in [0.4, 0.5) is 0 Å². The second kappa shape index (κ2) is 4.53. The molecule has 1 aliphatic rings. The molecule has 0 radical (unpaired) electrons. The lowest BCUT2D eigenvalue weighted by Crippen LogP contribution is -2.15. The standard InChI is InChI=1S/C17H13NO2/c1-2-4-14-12(3-1)7-8-18-17(14)13-5-6-15-16(11-13)20-10-9-19-15/h1-8,11H,9-10H2. The van der Waals surface area contributed by atoms with Crippen LogP contribution in [-0.4, -0.2) is 18.2 Å². The van der Waals surface area contributed by atoms with Crippen LogP contribution >= 0.6 is 0 Å². The normalized spacial score (nSPS) is 13.4. The monoisotopic (exact) mass is 263 g/mol. The Morgan fingerprint density at radius 1 is 0.850 bits per heavy atom. The Hall–Kier alpha value is -2.55. The predicted octanol–water partition coefficient (Wildman–Crippen LogP) is 3.67.